The van der Waals surface area contributed by atoms with Crippen LogP contribution in [0.25, 0.3) is 11.4 Å². The summed E-state index contributed by atoms with van der Waals surface area (Å²) in [5, 5.41) is 0. The monoisotopic (exact) mass is 419 g/mol. The number of carbonyl (C=O) groups excluding carboxylic acids is 1. The normalized spacial score (nSPS) is 19.0. The van der Waals surface area contributed by atoms with Crippen LogP contribution in [0.2, 0.25) is 0 Å². The average molecular weight is 420 g/mol. The maximum Gasteiger partial charge on any atom is 0.274 e. The number of halogens is 1. The fourth-order valence-electron chi connectivity index (χ4n) is 4.56. The van der Waals surface area contributed by atoms with E-state index in [0.717, 1.165) is 54.9 Å². The van der Waals surface area contributed by atoms with Gasteiger partial charge in [0.1, 0.15) is 23.4 Å². The lowest BCUT2D eigenvalue weighted by atomic mass is 10.1. The number of imidazole rings is 1. The Morgan fingerprint density at radius 3 is 2.61 bits per heavy atom. The topological polar surface area (TPSA) is 47.4 Å². The molecule has 2 aliphatic rings. The lowest BCUT2D eigenvalue weighted by molar-refractivity contribution is -0.0230. The highest BCUT2D eigenvalue weighted by Crippen LogP contribution is 2.29. The molecule has 1 unspecified atom stereocenters. The summed E-state index contributed by atoms with van der Waals surface area (Å²) < 4.78 is 21.4. The number of ether oxygens (including phenoxy) is 1. The van der Waals surface area contributed by atoms with E-state index >= 15 is 0 Å². The van der Waals surface area contributed by atoms with E-state index in [4.69, 9.17) is 9.72 Å². The van der Waals surface area contributed by atoms with E-state index in [0.29, 0.717) is 25.4 Å². The molecule has 1 amide bonds. The fourth-order valence-corrected chi connectivity index (χ4v) is 4.56. The van der Waals surface area contributed by atoms with Crippen LogP contribution in [0, 0.1) is 5.82 Å². The number of nitrogens with zero attached hydrogens (tertiary/aromatic N) is 3. The van der Waals surface area contributed by atoms with E-state index in [2.05, 4.69) is 4.57 Å². The summed E-state index contributed by atoms with van der Waals surface area (Å²) >= 11 is 0. The molecule has 0 saturated carbocycles. The Morgan fingerprint density at radius 2 is 1.81 bits per heavy atom. The fraction of sp³-hybridized carbons (Fsp3) is 0.360. The minimum Gasteiger partial charge on any atom is -0.370 e. The zero-order valence-electron chi connectivity index (χ0n) is 17.5. The second-order valence-electron chi connectivity index (χ2n) is 8.22. The first-order valence-electron chi connectivity index (χ1n) is 11.0. The summed E-state index contributed by atoms with van der Waals surface area (Å²) in [5.41, 5.74) is 3.54. The first-order chi connectivity index (χ1) is 15.2. The minimum atomic E-state index is -0.276. The van der Waals surface area contributed by atoms with E-state index in [1.807, 2.05) is 35.2 Å². The molecule has 2 aromatic carbocycles. The third-order valence-electron chi connectivity index (χ3n) is 6.20. The SMILES string of the molecule is O=C(c1nc(-c2ccccc2)n2c1CCCCC2)N1CCOC(c2ccc(F)cc2)C1. The second-order valence-corrected chi connectivity index (χ2v) is 8.22. The van der Waals surface area contributed by atoms with E-state index in [9.17, 15) is 9.18 Å². The van der Waals surface area contributed by atoms with Gasteiger partial charge in [-0.15, -0.1) is 0 Å². The molecule has 1 saturated heterocycles. The van der Waals surface area contributed by atoms with E-state index in [1.54, 1.807) is 12.1 Å². The number of fused-ring (bicyclic) bond motifs is 1. The molecule has 5 rings (SSSR count). The molecular formula is C25H26FN3O2. The third-order valence-corrected chi connectivity index (χ3v) is 6.20. The highest BCUT2D eigenvalue weighted by atomic mass is 19.1. The molecule has 1 fully saturated rings. The summed E-state index contributed by atoms with van der Waals surface area (Å²) in [7, 11) is 0. The van der Waals surface area contributed by atoms with Crippen LogP contribution in [-0.4, -0.2) is 40.1 Å². The lowest BCUT2D eigenvalue weighted by Crippen LogP contribution is -2.42. The molecular weight excluding hydrogens is 393 g/mol. The summed E-state index contributed by atoms with van der Waals surface area (Å²) in [6.45, 7) is 2.32. The van der Waals surface area contributed by atoms with Crippen LogP contribution < -0.4 is 0 Å². The number of amides is 1. The van der Waals surface area contributed by atoms with E-state index in [-0.39, 0.29) is 17.8 Å². The van der Waals surface area contributed by atoms with E-state index in [1.165, 1.54) is 12.1 Å². The van der Waals surface area contributed by atoms with Gasteiger partial charge >= 0.3 is 0 Å². The first kappa shape index (κ1) is 19.9. The van der Waals surface area contributed by atoms with Crippen LogP contribution >= 0.6 is 0 Å². The highest BCUT2D eigenvalue weighted by molar-refractivity contribution is 5.94. The van der Waals surface area contributed by atoms with Gasteiger partial charge in [-0.25, -0.2) is 9.37 Å². The smallest absolute Gasteiger partial charge is 0.274 e. The summed E-state index contributed by atoms with van der Waals surface area (Å²) in [6, 6.07) is 16.4. The van der Waals surface area contributed by atoms with Gasteiger partial charge in [-0.1, -0.05) is 48.9 Å². The van der Waals surface area contributed by atoms with Crippen LogP contribution in [0.4, 0.5) is 4.39 Å². The van der Waals surface area contributed by atoms with Gasteiger partial charge in [-0.3, -0.25) is 4.79 Å². The summed E-state index contributed by atoms with van der Waals surface area (Å²) in [4.78, 5) is 20.3. The molecule has 3 heterocycles. The van der Waals surface area contributed by atoms with Crippen molar-refractivity contribution in [3.8, 4) is 11.4 Å². The van der Waals surface area contributed by atoms with Crippen LogP contribution in [0.1, 0.15) is 47.1 Å². The van der Waals surface area contributed by atoms with E-state index < -0.39 is 0 Å². The van der Waals surface area contributed by atoms with Crippen molar-refractivity contribution in [3.05, 3.63) is 77.4 Å². The number of hydrogen-bond donors (Lipinski definition) is 0. The van der Waals surface area contributed by atoms with Gasteiger partial charge in [0.05, 0.1) is 18.8 Å². The van der Waals surface area contributed by atoms with Gasteiger partial charge in [-0.05, 0) is 37.0 Å². The lowest BCUT2D eigenvalue weighted by Gasteiger charge is -2.33. The Balaban J connectivity index is 1.46. The Hall–Kier alpha value is -2.99. The largest absolute Gasteiger partial charge is 0.370 e. The van der Waals surface area contributed by atoms with Crippen LogP contribution in [0.3, 0.4) is 0 Å². The molecule has 160 valence electrons. The molecule has 0 spiro atoms. The van der Waals surface area contributed by atoms with Gasteiger partial charge in [0.2, 0.25) is 0 Å². The van der Waals surface area contributed by atoms with Gasteiger partial charge < -0.3 is 14.2 Å². The standard InChI is InChI=1S/C25H26FN3O2/c26-20-12-10-18(11-13-20)22-17-28(15-16-31-22)25(30)23-21-9-5-2-6-14-29(21)24(27-23)19-7-3-1-4-8-19/h1,3-4,7-8,10-13,22H,2,5-6,9,14-17H2. The van der Waals surface area contributed by atoms with Crippen molar-refractivity contribution >= 4 is 5.91 Å². The van der Waals surface area contributed by atoms with Gasteiger partial charge in [0.25, 0.3) is 5.91 Å². The number of hydrogen-bond acceptors (Lipinski definition) is 3. The molecule has 0 bridgehead atoms. The molecule has 6 heteroatoms. The van der Waals surface area contributed by atoms with Gasteiger partial charge in [0, 0.05) is 18.7 Å². The van der Waals surface area contributed by atoms with Gasteiger partial charge in [0.15, 0.2) is 0 Å². The molecule has 1 atom stereocenters. The second kappa shape index (κ2) is 8.63. The van der Waals surface area contributed by atoms with Crippen molar-refractivity contribution in [2.75, 3.05) is 19.7 Å². The quantitative estimate of drug-likeness (QED) is 0.622. The number of morpholine rings is 1. The zero-order valence-corrected chi connectivity index (χ0v) is 17.5. The maximum atomic E-state index is 13.6. The number of aromatic nitrogens is 2. The first-order valence-corrected chi connectivity index (χ1v) is 11.0. The molecule has 0 radical (unpaired) electrons. The highest BCUT2D eigenvalue weighted by Gasteiger charge is 2.31. The Labute approximate surface area is 181 Å². The minimum absolute atomic E-state index is 0.0387. The Bertz CT molecular complexity index is 1060. The summed E-state index contributed by atoms with van der Waals surface area (Å²) in [5.74, 6) is 0.564. The van der Waals surface area contributed by atoms with Crippen molar-refractivity contribution < 1.29 is 13.9 Å². The van der Waals surface area contributed by atoms with Crippen molar-refractivity contribution in [1.29, 1.82) is 0 Å². The molecule has 1 aromatic heterocycles. The Morgan fingerprint density at radius 1 is 1.00 bits per heavy atom. The molecule has 0 aliphatic carbocycles. The number of benzene rings is 2. The molecule has 2 aliphatic heterocycles. The van der Waals surface area contributed by atoms with Crippen LogP contribution in [-0.2, 0) is 17.7 Å². The molecule has 31 heavy (non-hydrogen) atoms. The van der Waals surface area contributed by atoms with Crippen molar-refractivity contribution in [2.24, 2.45) is 0 Å². The molecule has 3 aromatic rings. The van der Waals surface area contributed by atoms with Crippen molar-refractivity contribution in [1.82, 2.24) is 14.5 Å². The van der Waals surface area contributed by atoms with Crippen LogP contribution in [0.5, 0.6) is 0 Å². The Kier molecular flexibility index (Phi) is 5.55. The van der Waals surface area contributed by atoms with Crippen molar-refractivity contribution in [2.45, 2.75) is 38.3 Å². The predicted octanol–water partition coefficient (Wildman–Crippen LogP) is 4.63. The molecule has 5 nitrogen and oxygen atoms in total. The third kappa shape index (κ3) is 4.00. The van der Waals surface area contributed by atoms with Gasteiger partial charge in [-0.2, -0.15) is 0 Å². The summed E-state index contributed by atoms with van der Waals surface area (Å²) in [6.07, 6.45) is 3.94. The zero-order chi connectivity index (χ0) is 21.2. The van der Waals surface area contributed by atoms with Crippen LogP contribution in [0.15, 0.2) is 54.6 Å². The maximum absolute atomic E-state index is 13.6. The predicted molar refractivity (Wildman–Crippen MR) is 116 cm³/mol. The number of rotatable bonds is 3. The molecule has 0 N–H and O–H groups in total. The average Bonchev–Trinajstić information content (AvgIpc) is 3.00. The van der Waals surface area contributed by atoms with Crippen molar-refractivity contribution in [3.63, 3.8) is 0 Å². The number of carbonyl (C=O) groups is 1.